The molecule has 1 saturated heterocycles. The molecule has 0 saturated carbocycles. The van der Waals surface area contributed by atoms with Crippen LogP contribution in [0.4, 0.5) is 4.79 Å². The molecule has 1 aromatic rings. The minimum atomic E-state index is -0.0517. The van der Waals surface area contributed by atoms with Crippen molar-refractivity contribution in [3.8, 4) is 0 Å². The van der Waals surface area contributed by atoms with Gasteiger partial charge in [0.1, 0.15) is 0 Å². The van der Waals surface area contributed by atoms with Crippen molar-refractivity contribution < 1.29 is 9.90 Å². The third-order valence-corrected chi connectivity index (χ3v) is 3.62. The number of nitrogens with one attached hydrogen (secondary N) is 1. The molecule has 0 radical (unpaired) electrons. The van der Waals surface area contributed by atoms with Crippen LogP contribution in [0.3, 0.4) is 0 Å². The van der Waals surface area contributed by atoms with Crippen LogP contribution < -0.4 is 5.32 Å². The zero-order valence-corrected chi connectivity index (χ0v) is 11.4. The van der Waals surface area contributed by atoms with Gasteiger partial charge in [0.15, 0.2) is 0 Å². The van der Waals surface area contributed by atoms with E-state index in [-0.39, 0.29) is 18.7 Å². The molecule has 4 heteroatoms. The molecule has 2 N–H and O–H groups in total. The minimum Gasteiger partial charge on any atom is -0.394 e. The van der Waals surface area contributed by atoms with Crippen molar-refractivity contribution in [3.05, 3.63) is 35.4 Å². The number of carbonyl (C=O) groups is 1. The number of aliphatic hydroxyl groups excluding tert-OH is 1. The second-order valence-electron chi connectivity index (χ2n) is 5.14. The average Bonchev–Trinajstić information content (AvgIpc) is 2.87. The normalized spacial score (nSPS) is 18.6. The molecule has 1 aliphatic heterocycles. The lowest BCUT2D eigenvalue weighted by Gasteiger charge is -2.23. The number of likely N-dealkylation sites (tertiary alicyclic amines) is 1. The molecule has 1 unspecified atom stereocenters. The smallest absolute Gasteiger partial charge is 0.317 e. The SMILES string of the molecule is Cc1cccc(CCNC(=O)N2CCCC2CO)c1. The van der Waals surface area contributed by atoms with Crippen molar-refractivity contribution in [2.75, 3.05) is 19.7 Å². The number of aliphatic hydroxyl groups is 1. The van der Waals surface area contributed by atoms with Crippen molar-refractivity contribution in [2.24, 2.45) is 0 Å². The lowest BCUT2D eigenvalue weighted by atomic mass is 10.1. The molecule has 1 fully saturated rings. The van der Waals surface area contributed by atoms with Gasteiger partial charge < -0.3 is 15.3 Å². The highest BCUT2D eigenvalue weighted by atomic mass is 16.3. The number of rotatable bonds is 4. The van der Waals surface area contributed by atoms with Crippen LogP contribution >= 0.6 is 0 Å². The molecule has 4 nitrogen and oxygen atoms in total. The van der Waals surface area contributed by atoms with Crippen LogP contribution in [0.2, 0.25) is 0 Å². The highest BCUT2D eigenvalue weighted by Crippen LogP contribution is 2.16. The van der Waals surface area contributed by atoms with Gasteiger partial charge in [0.25, 0.3) is 0 Å². The monoisotopic (exact) mass is 262 g/mol. The Morgan fingerprint density at radius 1 is 1.53 bits per heavy atom. The fourth-order valence-corrected chi connectivity index (χ4v) is 2.58. The number of benzene rings is 1. The molecule has 0 aliphatic carbocycles. The Morgan fingerprint density at radius 3 is 3.11 bits per heavy atom. The van der Waals surface area contributed by atoms with Gasteiger partial charge in [0.05, 0.1) is 12.6 Å². The molecule has 2 rings (SSSR count). The topological polar surface area (TPSA) is 52.6 Å². The van der Waals surface area contributed by atoms with E-state index in [1.54, 1.807) is 4.90 Å². The quantitative estimate of drug-likeness (QED) is 0.868. The largest absolute Gasteiger partial charge is 0.394 e. The Balaban J connectivity index is 1.78. The molecule has 19 heavy (non-hydrogen) atoms. The molecular formula is C15H22N2O2. The number of aryl methyl sites for hydroxylation is 1. The van der Waals surface area contributed by atoms with E-state index in [1.807, 2.05) is 6.07 Å². The van der Waals surface area contributed by atoms with Gasteiger partial charge in [-0.2, -0.15) is 0 Å². The van der Waals surface area contributed by atoms with Crippen LogP contribution in [0.15, 0.2) is 24.3 Å². The van der Waals surface area contributed by atoms with Crippen LogP contribution in [0, 0.1) is 6.92 Å². The fraction of sp³-hybridized carbons (Fsp3) is 0.533. The summed E-state index contributed by atoms with van der Waals surface area (Å²) in [4.78, 5) is 13.7. The molecule has 1 atom stereocenters. The number of carbonyl (C=O) groups excluding carboxylic acids is 1. The molecule has 0 bridgehead atoms. The van der Waals surface area contributed by atoms with Crippen molar-refractivity contribution >= 4 is 6.03 Å². The molecule has 2 amide bonds. The lowest BCUT2D eigenvalue weighted by Crippen LogP contribution is -2.44. The van der Waals surface area contributed by atoms with Crippen LogP contribution in [0.25, 0.3) is 0 Å². The summed E-state index contributed by atoms with van der Waals surface area (Å²) >= 11 is 0. The molecule has 0 aromatic heterocycles. The summed E-state index contributed by atoms with van der Waals surface area (Å²) in [6.45, 7) is 3.52. The van der Waals surface area contributed by atoms with Gasteiger partial charge in [0.2, 0.25) is 0 Å². The number of hydrogen-bond acceptors (Lipinski definition) is 2. The maximum atomic E-state index is 12.0. The van der Waals surface area contributed by atoms with Gasteiger partial charge in [-0.1, -0.05) is 29.8 Å². The average molecular weight is 262 g/mol. The van der Waals surface area contributed by atoms with E-state index >= 15 is 0 Å². The zero-order chi connectivity index (χ0) is 13.7. The predicted octanol–water partition coefficient (Wildman–Crippen LogP) is 1.70. The minimum absolute atomic E-state index is 0.000954. The summed E-state index contributed by atoms with van der Waals surface area (Å²) in [6.07, 6.45) is 2.73. The van der Waals surface area contributed by atoms with Crippen LogP contribution in [0.1, 0.15) is 24.0 Å². The summed E-state index contributed by atoms with van der Waals surface area (Å²) in [7, 11) is 0. The van der Waals surface area contributed by atoms with Crippen LogP contribution in [-0.4, -0.2) is 41.8 Å². The van der Waals surface area contributed by atoms with Gasteiger partial charge in [-0.3, -0.25) is 0 Å². The Bertz CT molecular complexity index is 434. The van der Waals surface area contributed by atoms with E-state index in [4.69, 9.17) is 0 Å². The third kappa shape index (κ3) is 3.70. The number of nitrogens with zero attached hydrogens (tertiary/aromatic N) is 1. The van der Waals surface area contributed by atoms with Crippen LogP contribution in [-0.2, 0) is 6.42 Å². The standard InChI is InChI=1S/C15H22N2O2/c1-12-4-2-5-13(10-12)7-8-16-15(19)17-9-3-6-14(17)11-18/h2,4-5,10,14,18H,3,6-9,11H2,1H3,(H,16,19). The van der Waals surface area contributed by atoms with Gasteiger partial charge >= 0.3 is 6.03 Å². The Hall–Kier alpha value is -1.55. The van der Waals surface area contributed by atoms with E-state index in [9.17, 15) is 9.90 Å². The van der Waals surface area contributed by atoms with E-state index in [2.05, 4.69) is 30.4 Å². The maximum absolute atomic E-state index is 12.0. The fourth-order valence-electron chi connectivity index (χ4n) is 2.58. The first-order valence-corrected chi connectivity index (χ1v) is 6.91. The zero-order valence-electron chi connectivity index (χ0n) is 11.4. The Kier molecular flexibility index (Phi) is 4.80. The summed E-state index contributed by atoms with van der Waals surface area (Å²) in [5.41, 5.74) is 2.48. The van der Waals surface area contributed by atoms with Gasteiger partial charge in [-0.05, 0) is 31.7 Å². The summed E-state index contributed by atoms with van der Waals surface area (Å²) in [5.74, 6) is 0. The number of amides is 2. The van der Waals surface area contributed by atoms with Gasteiger partial charge in [-0.25, -0.2) is 4.79 Å². The second-order valence-corrected chi connectivity index (χ2v) is 5.14. The summed E-state index contributed by atoms with van der Waals surface area (Å²) in [5, 5.41) is 12.1. The third-order valence-electron chi connectivity index (χ3n) is 3.62. The first kappa shape index (κ1) is 13.9. The molecule has 0 spiro atoms. The van der Waals surface area contributed by atoms with Gasteiger partial charge in [-0.15, -0.1) is 0 Å². The van der Waals surface area contributed by atoms with Crippen molar-refractivity contribution in [2.45, 2.75) is 32.2 Å². The summed E-state index contributed by atoms with van der Waals surface area (Å²) < 4.78 is 0. The highest BCUT2D eigenvalue weighted by Gasteiger charge is 2.27. The van der Waals surface area contributed by atoms with Crippen molar-refractivity contribution in [3.63, 3.8) is 0 Å². The predicted molar refractivity (Wildman–Crippen MR) is 75.1 cm³/mol. The maximum Gasteiger partial charge on any atom is 0.317 e. The first-order valence-electron chi connectivity index (χ1n) is 6.91. The summed E-state index contributed by atoms with van der Waals surface area (Å²) in [6, 6.07) is 8.26. The van der Waals surface area contributed by atoms with Crippen molar-refractivity contribution in [1.29, 1.82) is 0 Å². The van der Waals surface area contributed by atoms with E-state index in [0.717, 1.165) is 25.8 Å². The highest BCUT2D eigenvalue weighted by molar-refractivity contribution is 5.74. The molecule has 1 aliphatic rings. The molecule has 1 heterocycles. The Morgan fingerprint density at radius 2 is 2.37 bits per heavy atom. The second kappa shape index (κ2) is 6.57. The molecule has 104 valence electrons. The van der Waals surface area contributed by atoms with E-state index in [0.29, 0.717) is 6.54 Å². The first-order chi connectivity index (χ1) is 9.20. The van der Waals surface area contributed by atoms with E-state index in [1.165, 1.54) is 11.1 Å². The van der Waals surface area contributed by atoms with Gasteiger partial charge in [0, 0.05) is 13.1 Å². The molecular weight excluding hydrogens is 240 g/mol. The number of urea groups is 1. The number of hydrogen-bond donors (Lipinski definition) is 2. The Labute approximate surface area is 114 Å². The van der Waals surface area contributed by atoms with Crippen molar-refractivity contribution in [1.82, 2.24) is 10.2 Å². The van der Waals surface area contributed by atoms with Crippen LogP contribution in [0.5, 0.6) is 0 Å². The van der Waals surface area contributed by atoms with E-state index < -0.39 is 0 Å². The molecule has 1 aromatic carbocycles. The lowest BCUT2D eigenvalue weighted by molar-refractivity contribution is 0.157.